The average molecular weight is 282 g/mol. The maximum Gasteiger partial charge on any atom is 0.310 e. The average Bonchev–Trinajstić information content (AvgIpc) is 2.83. The van der Waals surface area contributed by atoms with Gasteiger partial charge in [-0.1, -0.05) is 13.8 Å². The number of hydrogen-bond donors (Lipinski definition) is 2. The van der Waals surface area contributed by atoms with Gasteiger partial charge in [-0.2, -0.15) is 0 Å². The highest BCUT2D eigenvalue weighted by Crippen LogP contribution is 2.31. The summed E-state index contributed by atoms with van der Waals surface area (Å²) in [6.45, 7) is 3.58. The van der Waals surface area contributed by atoms with E-state index in [1.807, 2.05) is 0 Å². The van der Waals surface area contributed by atoms with Crippen molar-refractivity contribution in [1.82, 2.24) is 9.97 Å². The van der Waals surface area contributed by atoms with Crippen molar-refractivity contribution >= 4 is 17.0 Å². The van der Waals surface area contributed by atoms with Crippen LogP contribution in [0.15, 0.2) is 12.1 Å². The van der Waals surface area contributed by atoms with E-state index in [9.17, 15) is 18.7 Å². The molecule has 2 aromatic rings. The first-order valence-electron chi connectivity index (χ1n) is 6.49. The van der Waals surface area contributed by atoms with E-state index in [-0.39, 0.29) is 11.9 Å². The maximum atomic E-state index is 13.6. The molecule has 1 heterocycles. The van der Waals surface area contributed by atoms with E-state index in [4.69, 9.17) is 0 Å². The van der Waals surface area contributed by atoms with Gasteiger partial charge in [0, 0.05) is 6.42 Å². The molecule has 1 aromatic carbocycles. The van der Waals surface area contributed by atoms with E-state index in [2.05, 4.69) is 9.97 Å². The number of nitrogens with zero attached hydrogens (tertiary/aromatic N) is 1. The lowest BCUT2D eigenvalue weighted by Crippen LogP contribution is -2.32. The molecule has 1 aromatic heterocycles. The monoisotopic (exact) mass is 282 g/mol. The number of aliphatic carboxylic acids is 1. The number of imidazole rings is 1. The third kappa shape index (κ3) is 2.26. The fourth-order valence-electron chi connectivity index (χ4n) is 2.35. The summed E-state index contributed by atoms with van der Waals surface area (Å²) >= 11 is 0. The number of benzene rings is 1. The molecule has 6 heteroatoms. The van der Waals surface area contributed by atoms with Crippen LogP contribution in [0, 0.1) is 17.0 Å². The molecule has 2 rings (SSSR count). The van der Waals surface area contributed by atoms with Crippen molar-refractivity contribution in [2.75, 3.05) is 0 Å². The molecule has 2 N–H and O–H groups in total. The number of aromatic amines is 1. The minimum Gasteiger partial charge on any atom is -0.481 e. The zero-order valence-electron chi connectivity index (χ0n) is 11.3. The summed E-state index contributed by atoms with van der Waals surface area (Å²) in [6.07, 6.45) is 1.03. The summed E-state index contributed by atoms with van der Waals surface area (Å²) in [6, 6.07) is 2.41. The fourth-order valence-corrected chi connectivity index (χ4v) is 2.35. The van der Waals surface area contributed by atoms with Gasteiger partial charge in [-0.05, 0) is 25.0 Å². The Hall–Kier alpha value is -1.98. The minimum atomic E-state index is -1.01. The van der Waals surface area contributed by atoms with Crippen LogP contribution < -0.4 is 0 Å². The zero-order chi connectivity index (χ0) is 14.9. The Morgan fingerprint density at radius 3 is 2.55 bits per heavy atom. The van der Waals surface area contributed by atoms with Crippen LogP contribution in [-0.2, 0) is 11.2 Å². The number of carboxylic acid groups (broad SMARTS) is 1. The number of carboxylic acids is 1. The lowest BCUT2D eigenvalue weighted by molar-refractivity contribution is -0.149. The molecule has 0 aliphatic rings. The number of H-pyrrole nitrogens is 1. The van der Waals surface area contributed by atoms with Crippen LogP contribution in [0.2, 0.25) is 0 Å². The van der Waals surface area contributed by atoms with Crippen molar-refractivity contribution in [3.05, 3.63) is 29.6 Å². The third-order valence-corrected chi connectivity index (χ3v) is 3.91. The van der Waals surface area contributed by atoms with Crippen LogP contribution in [0.1, 0.15) is 32.5 Å². The number of aromatic nitrogens is 2. The molecule has 108 valence electrons. The van der Waals surface area contributed by atoms with Crippen molar-refractivity contribution in [1.29, 1.82) is 0 Å². The predicted octanol–water partition coefficient (Wildman–Crippen LogP) is 3.27. The van der Waals surface area contributed by atoms with Crippen LogP contribution in [0.3, 0.4) is 0 Å². The van der Waals surface area contributed by atoms with Crippen LogP contribution in [0.4, 0.5) is 8.78 Å². The summed E-state index contributed by atoms with van der Waals surface area (Å²) in [7, 11) is 0. The second kappa shape index (κ2) is 5.19. The first-order chi connectivity index (χ1) is 9.43. The normalized spacial score (nSPS) is 12.0. The van der Waals surface area contributed by atoms with Crippen molar-refractivity contribution in [3.8, 4) is 0 Å². The summed E-state index contributed by atoms with van der Waals surface area (Å²) in [5.41, 5.74) is -0.667. The molecule has 0 spiro atoms. The molecule has 20 heavy (non-hydrogen) atoms. The van der Waals surface area contributed by atoms with E-state index < -0.39 is 23.0 Å². The highest BCUT2D eigenvalue weighted by Gasteiger charge is 2.36. The summed E-state index contributed by atoms with van der Waals surface area (Å²) in [5, 5.41) is 9.38. The number of halogens is 2. The Morgan fingerprint density at radius 2 is 2.00 bits per heavy atom. The molecule has 0 aliphatic carbocycles. The van der Waals surface area contributed by atoms with Gasteiger partial charge >= 0.3 is 5.97 Å². The van der Waals surface area contributed by atoms with Gasteiger partial charge in [0.1, 0.15) is 11.3 Å². The molecule has 0 atom stereocenters. The SMILES string of the molecule is CCC(CC)(Cc1nc2c(F)c(F)ccc2[nH]1)C(=O)O. The third-order valence-electron chi connectivity index (χ3n) is 3.91. The van der Waals surface area contributed by atoms with Crippen LogP contribution >= 0.6 is 0 Å². The molecule has 0 fully saturated rings. The Labute approximate surface area is 114 Å². The van der Waals surface area contributed by atoms with Gasteiger partial charge in [-0.3, -0.25) is 4.79 Å². The molecular formula is C14H16F2N2O2. The Morgan fingerprint density at radius 1 is 1.35 bits per heavy atom. The van der Waals surface area contributed by atoms with E-state index >= 15 is 0 Å². The molecule has 0 amide bonds. The second-order valence-corrected chi connectivity index (χ2v) is 4.91. The molecule has 0 saturated heterocycles. The minimum absolute atomic E-state index is 0.0912. The highest BCUT2D eigenvalue weighted by atomic mass is 19.2. The van der Waals surface area contributed by atoms with Crippen molar-refractivity contribution < 1.29 is 18.7 Å². The van der Waals surface area contributed by atoms with Gasteiger partial charge in [0.2, 0.25) is 0 Å². The van der Waals surface area contributed by atoms with Gasteiger partial charge in [0.05, 0.1) is 10.9 Å². The van der Waals surface area contributed by atoms with E-state index in [0.717, 1.165) is 6.07 Å². The maximum absolute atomic E-state index is 13.6. The number of fused-ring (bicyclic) bond motifs is 1. The summed E-state index contributed by atoms with van der Waals surface area (Å²) in [4.78, 5) is 18.3. The highest BCUT2D eigenvalue weighted by molar-refractivity contribution is 5.77. The van der Waals surface area contributed by atoms with Gasteiger partial charge < -0.3 is 10.1 Å². The fraction of sp³-hybridized carbons (Fsp3) is 0.429. The van der Waals surface area contributed by atoms with Crippen molar-refractivity contribution in [3.63, 3.8) is 0 Å². The zero-order valence-corrected chi connectivity index (χ0v) is 11.3. The van der Waals surface area contributed by atoms with Crippen LogP contribution in [0.5, 0.6) is 0 Å². The van der Waals surface area contributed by atoms with Crippen molar-refractivity contribution in [2.45, 2.75) is 33.1 Å². The largest absolute Gasteiger partial charge is 0.481 e. The molecule has 0 radical (unpaired) electrons. The molecule has 0 unspecified atom stereocenters. The Kier molecular flexibility index (Phi) is 3.74. The number of carbonyl (C=O) groups is 1. The lowest BCUT2D eigenvalue weighted by atomic mass is 9.79. The van der Waals surface area contributed by atoms with E-state index in [0.29, 0.717) is 24.2 Å². The van der Waals surface area contributed by atoms with Crippen LogP contribution in [0.25, 0.3) is 11.0 Å². The number of nitrogens with one attached hydrogen (secondary N) is 1. The predicted molar refractivity (Wildman–Crippen MR) is 70.4 cm³/mol. The summed E-state index contributed by atoms with van der Waals surface area (Å²) < 4.78 is 26.7. The number of rotatable bonds is 5. The van der Waals surface area contributed by atoms with Gasteiger partial charge in [-0.15, -0.1) is 0 Å². The van der Waals surface area contributed by atoms with Crippen LogP contribution in [-0.4, -0.2) is 21.0 Å². The molecule has 4 nitrogen and oxygen atoms in total. The van der Waals surface area contributed by atoms with Gasteiger partial charge in [0.25, 0.3) is 0 Å². The second-order valence-electron chi connectivity index (χ2n) is 4.91. The summed E-state index contributed by atoms with van der Waals surface area (Å²) in [5.74, 6) is -2.53. The first-order valence-corrected chi connectivity index (χ1v) is 6.49. The Bertz CT molecular complexity index is 648. The number of hydrogen-bond acceptors (Lipinski definition) is 2. The van der Waals surface area contributed by atoms with Crippen molar-refractivity contribution in [2.24, 2.45) is 5.41 Å². The quantitative estimate of drug-likeness (QED) is 0.884. The topological polar surface area (TPSA) is 66.0 Å². The lowest BCUT2D eigenvalue weighted by Gasteiger charge is -2.25. The first kappa shape index (κ1) is 14.4. The van der Waals surface area contributed by atoms with E-state index in [1.165, 1.54) is 6.07 Å². The smallest absolute Gasteiger partial charge is 0.310 e. The molecule has 0 bridgehead atoms. The van der Waals surface area contributed by atoms with E-state index in [1.54, 1.807) is 13.8 Å². The molecule has 0 saturated carbocycles. The van der Waals surface area contributed by atoms with Gasteiger partial charge in [-0.25, -0.2) is 13.8 Å². The van der Waals surface area contributed by atoms with Gasteiger partial charge in [0.15, 0.2) is 11.6 Å². The molecule has 0 aliphatic heterocycles. The standard InChI is InChI=1S/C14H16F2N2O2/c1-3-14(4-2,13(19)20)7-10-17-9-6-5-8(15)11(16)12(9)18-10/h5-6H,3-4,7H2,1-2H3,(H,17,18)(H,19,20). The molecular weight excluding hydrogens is 266 g/mol. The Balaban J connectivity index is 2.44.